The van der Waals surface area contributed by atoms with Crippen molar-refractivity contribution in [2.45, 2.75) is 52.1 Å². The zero-order valence-electron chi connectivity index (χ0n) is 46.6. The van der Waals surface area contributed by atoms with Crippen LogP contribution < -0.4 is 10.6 Å². The van der Waals surface area contributed by atoms with Gasteiger partial charge in [-0.2, -0.15) is 23.4 Å². The van der Waals surface area contributed by atoms with Crippen molar-refractivity contribution in [2.75, 3.05) is 32.5 Å². The molecule has 24 heteroatoms. The Bertz CT molecular complexity index is 4250. The highest BCUT2D eigenvalue weighted by atomic mass is 127. The van der Waals surface area contributed by atoms with Crippen LogP contribution in [0.4, 0.5) is 32.4 Å². The summed E-state index contributed by atoms with van der Waals surface area (Å²) in [6, 6.07) is 26.6. The molecule has 1 aliphatic carbocycles. The average molecular weight is 1320 g/mol. The molecule has 11 rings (SSSR count). The smallest absolute Gasteiger partial charge is 0.444 e. The first-order valence-corrected chi connectivity index (χ1v) is 28.2. The van der Waals surface area contributed by atoms with E-state index in [-0.39, 0.29) is 33.9 Å². The Balaban J connectivity index is 0.000000159. The van der Waals surface area contributed by atoms with Crippen LogP contribution in [0.5, 0.6) is 0 Å². The lowest BCUT2D eigenvalue weighted by Crippen LogP contribution is -2.35. The summed E-state index contributed by atoms with van der Waals surface area (Å²) < 4.78 is 75.3. The van der Waals surface area contributed by atoms with Crippen molar-refractivity contribution >= 4 is 96.7 Å². The first-order valence-electron chi connectivity index (χ1n) is 26.4. The van der Waals surface area contributed by atoms with Crippen molar-refractivity contribution < 1.29 is 36.3 Å². The molecule has 0 fully saturated rings. The predicted molar refractivity (Wildman–Crippen MR) is 329 cm³/mol. The minimum atomic E-state index is -5.04. The summed E-state index contributed by atoms with van der Waals surface area (Å²) in [6.07, 6.45) is 9.44. The summed E-state index contributed by atoms with van der Waals surface area (Å²) in [6.45, 7) is 8.26. The standard InChI is InChI=1S/C28H22ClFN6.C19H22IN5O2.C15H7ClF4N2O/c1-31-9-10-36-16-19(15-34-36)18-12-26-24(33-14-18)6-7-25(35-26)27-22(11-17-3-2-8-32-28(17)27)21-13-20(29)4-5-23(21)30;1-19(2,3)27-18(26)24(4)7-8-25-12-14(11-22-25)13-9-16-15(21-10-13)5-6-17(20)23-16;16-10-4-5-11(17)9(8-10)3-6-12-13(2-1-7-21-12)22-14(23)15(18,19)20/h2-8,12-16,31H,9-11H2,1H3;5-6,9-12H,7-8H2,1-4H3;1-2,4-5,7-8H,(H,22,23). The lowest BCUT2D eigenvalue weighted by Gasteiger charge is -2.24. The molecule has 8 aromatic heterocycles. The van der Waals surface area contributed by atoms with Gasteiger partial charge in [-0.15, -0.1) is 0 Å². The molecule has 0 aliphatic heterocycles. The Morgan fingerprint density at radius 2 is 1.35 bits per heavy atom. The number of hydrogen-bond donors (Lipinski definition) is 2. The second-order valence-electron chi connectivity index (χ2n) is 20.2. The van der Waals surface area contributed by atoms with Crippen LogP contribution in [0, 0.1) is 27.2 Å². The molecular formula is C62H51Cl2F5IN13O3. The Morgan fingerprint density at radius 1 is 0.721 bits per heavy atom. The van der Waals surface area contributed by atoms with Crippen LogP contribution in [0.1, 0.15) is 54.5 Å². The predicted octanol–water partition coefficient (Wildman–Crippen LogP) is 13.2. The van der Waals surface area contributed by atoms with Crippen molar-refractivity contribution in [1.82, 2.24) is 59.7 Å². The summed E-state index contributed by atoms with van der Waals surface area (Å²) in [4.78, 5) is 51.5. The number of hydrogen-bond acceptors (Lipinski definition) is 12. The fourth-order valence-corrected chi connectivity index (χ4v) is 9.39. The van der Waals surface area contributed by atoms with Crippen molar-refractivity contribution in [3.63, 3.8) is 0 Å². The number of carbonyl (C=O) groups is 2. The van der Waals surface area contributed by atoms with Gasteiger partial charge in [0.25, 0.3) is 0 Å². The number of amides is 2. The third kappa shape index (κ3) is 15.8. The van der Waals surface area contributed by atoms with Gasteiger partial charge < -0.3 is 20.3 Å². The molecule has 0 spiro atoms. The van der Waals surface area contributed by atoms with Crippen LogP contribution in [0.2, 0.25) is 10.0 Å². The first-order chi connectivity index (χ1) is 41.1. The largest absolute Gasteiger partial charge is 0.471 e. The fourth-order valence-electron chi connectivity index (χ4n) is 8.60. The van der Waals surface area contributed by atoms with Gasteiger partial charge in [0, 0.05) is 107 Å². The van der Waals surface area contributed by atoms with Crippen LogP contribution in [0.25, 0.3) is 55.5 Å². The normalized spacial score (nSPS) is 11.9. The quantitative estimate of drug-likeness (QED) is 0.0542. The number of ether oxygens (including phenoxy) is 1. The molecule has 2 N–H and O–H groups in total. The van der Waals surface area contributed by atoms with Gasteiger partial charge in [-0.1, -0.05) is 35.2 Å². The zero-order chi connectivity index (χ0) is 61.3. The molecule has 0 bridgehead atoms. The van der Waals surface area contributed by atoms with E-state index in [1.165, 1.54) is 36.5 Å². The maximum atomic E-state index is 15.0. The Kier molecular flexibility index (Phi) is 19.5. The lowest BCUT2D eigenvalue weighted by atomic mass is 9.98. The first kappa shape index (κ1) is 61.8. The third-order valence-corrected chi connectivity index (χ3v) is 13.9. The number of aromatic nitrogens is 10. The number of halogens is 8. The van der Waals surface area contributed by atoms with Crippen LogP contribution in [0.15, 0.2) is 147 Å². The van der Waals surface area contributed by atoms with E-state index in [0.717, 1.165) is 95.3 Å². The van der Waals surface area contributed by atoms with E-state index >= 15 is 0 Å². The maximum absolute atomic E-state index is 15.0. The highest BCUT2D eigenvalue weighted by Gasteiger charge is 2.39. The molecule has 2 aromatic carbocycles. The van der Waals surface area contributed by atoms with Crippen LogP contribution in [-0.4, -0.2) is 105 Å². The Morgan fingerprint density at radius 3 is 2.02 bits per heavy atom. The second-order valence-corrected chi connectivity index (χ2v) is 22.2. The summed E-state index contributed by atoms with van der Waals surface area (Å²) in [5.74, 6) is 1.72. The van der Waals surface area contributed by atoms with Crippen LogP contribution in [-0.2, 0) is 29.0 Å². The van der Waals surface area contributed by atoms with Crippen LogP contribution in [0.3, 0.4) is 0 Å². The molecule has 1 aliphatic rings. The highest BCUT2D eigenvalue weighted by Crippen LogP contribution is 2.42. The van der Waals surface area contributed by atoms with E-state index in [1.54, 1.807) is 41.8 Å². The summed E-state index contributed by atoms with van der Waals surface area (Å²) in [5.41, 5.74) is 10.8. The number of pyridine rings is 6. The average Bonchev–Trinajstić information content (AvgIpc) is 1.71. The molecule has 2 amide bonds. The summed E-state index contributed by atoms with van der Waals surface area (Å²) >= 11 is 14.2. The topological polar surface area (TPSA) is 184 Å². The number of allylic oxidation sites excluding steroid dienone is 1. The van der Waals surface area contributed by atoms with Gasteiger partial charge in [0.2, 0.25) is 0 Å². The number of likely N-dealkylation sites (N-methyl/N-ethyl adjacent to an activating group) is 2. The van der Waals surface area contributed by atoms with Crippen molar-refractivity contribution in [3.05, 3.63) is 206 Å². The van der Waals surface area contributed by atoms with Crippen molar-refractivity contribution in [3.8, 4) is 34.1 Å². The number of rotatable bonds is 11. The van der Waals surface area contributed by atoms with E-state index in [9.17, 15) is 31.5 Å². The minimum Gasteiger partial charge on any atom is -0.444 e. The van der Waals surface area contributed by atoms with E-state index in [4.69, 9.17) is 32.9 Å². The second kappa shape index (κ2) is 27.1. The van der Waals surface area contributed by atoms with E-state index in [2.05, 4.69) is 74.9 Å². The van der Waals surface area contributed by atoms with Gasteiger partial charge >= 0.3 is 18.2 Å². The third-order valence-electron chi connectivity index (χ3n) is 12.8. The number of nitrogens with zero attached hydrogens (tertiary/aromatic N) is 11. The molecule has 86 heavy (non-hydrogen) atoms. The molecule has 0 saturated heterocycles. The van der Waals surface area contributed by atoms with E-state index in [1.807, 2.05) is 117 Å². The zero-order valence-corrected chi connectivity index (χ0v) is 50.2. The van der Waals surface area contributed by atoms with Gasteiger partial charge in [0.1, 0.15) is 26.6 Å². The Labute approximate surface area is 514 Å². The summed E-state index contributed by atoms with van der Waals surface area (Å²) in [5, 5.41) is 14.4. The monoisotopic (exact) mass is 1320 g/mol. The number of alkyl halides is 3. The van der Waals surface area contributed by atoms with Crippen molar-refractivity contribution in [1.29, 1.82) is 0 Å². The minimum absolute atomic E-state index is 0.0451. The van der Waals surface area contributed by atoms with Gasteiger partial charge in [-0.05, 0) is 158 Å². The molecule has 0 unspecified atom stereocenters. The number of fused-ring (bicyclic) bond motifs is 3. The molecule has 0 saturated carbocycles. The van der Waals surface area contributed by atoms with Gasteiger partial charge in [0.05, 0.1) is 70.2 Å². The number of nitrogens with one attached hydrogen (secondary N) is 2. The Hall–Kier alpha value is -8.76. The highest BCUT2D eigenvalue weighted by molar-refractivity contribution is 14.1. The molecule has 16 nitrogen and oxygen atoms in total. The molecule has 0 atom stereocenters. The molecule has 8 heterocycles. The molecular weight excluding hydrogens is 1270 g/mol. The fraction of sp³-hybridized carbons (Fsp3) is 0.194. The maximum Gasteiger partial charge on any atom is 0.471 e. The number of anilines is 1. The lowest BCUT2D eigenvalue weighted by molar-refractivity contribution is -0.167. The van der Waals surface area contributed by atoms with Crippen molar-refractivity contribution in [2.24, 2.45) is 0 Å². The molecule has 10 aromatic rings. The van der Waals surface area contributed by atoms with Gasteiger partial charge in [0.15, 0.2) is 0 Å². The van der Waals surface area contributed by atoms with E-state index in [0.29, 0.717) is 30.1 Å². The van der Waals surface area contributed by atoms with Gasteiger partial charge in [-0.25, -0.2) is 28.5 Å². The number of benzene rings is 2. The SMILES string of the molecule is CN(CCn1cc(-c2cnc3ccc(I)nc3c2)cn1)C(=O)OC(C)(C)C.CNCCn1cc(-c2cnc3ccc(C4=C(c5cc(Cl)ccc5F)Cc5cccnc54)nc3c2)cn1.O=C(Nc1cccnc1C#Cc1cc(Cl)ccc1F)C(F)(F)F. The molecule has 438 valence electrons. The van der Waals surface area contributed by atoms with Gasteiger partial charge in [-0.3, -0.25) is 29.1 Å². The van der Waals surface area contributed by atoms with Crippen LogP contribution >= 0.6 is 45.8 Å². The summed E-state index contributed by atoms with van der Waals surface area (Å²) in [7, 11) is 3.64. The number of carbonyl (C=O) groups excluding carboxylic acids is 2. The molecule has 0 radical (unpaired) electrons. The van der Waals surface area contributed by atoms with E-state index < -0.39 is 23.5 Å².